The lowest BCUT2D eigenvalue weighted by atomic mass is 10.1. The molecule has 0 unspecified atom stereocenters. The van der Waals surface area contributed by atoms with Crippen LogP contribution in [0.3, 0.4) is 0 Å². The van der Waals surface area contributed by atoms with E-state index in [-0.39, 0.29) is 5.78 Å². The van der Waals surface area contributed by atoms with Gasteiger partial charge in [-0.1, -0.05) is 31.9 Å². The van der Waals surface area contributed by atoms with Gasteiger partial charge in [0.05, 0.1) is 18.8 Å². The minimum absolute atomic E-state index is 0.0727. The molecule has 0 amide bonds. The SMILES string of the molecule is CCOc1ccc(C(=O)C(Br)Br)c(OCC)c1. The fraction of sp³-hybridized carbons (Fsp3) is 0.417. The molecule has 0 aromatic heterocycles. The van der Waals surface area contributed by atoms with E-state index in [1.807, 2.05) is 13.8 Å². The van der Waals surface area contributed by atoms with Crippen LogP contribution in [0, 0.1) is 0 Å². The van der Waals surface area contributed by atoms with Crippen molar-refractivity contribution in [3.05, 3.63) is 23.8 Å². The number of rotatable bonds is 6. The number of alkyl halides is 2. The normalized spacial score (nSPS) is 10.4. The van der Waals surface area contributed by atoms with E-state index in [1.54, 1.807) is 18.2 Å². The molecule has 3 nitrogen and oxygen atoms in total. The van der Waals surface area contributed by atoms with Gasteiger partial charge in [-0.25, -0.2) is 0 Å². The van der Waals surface area contributed by atoms with Crippen molar-refractivity contribution in [2.75, 3.05) is 13.2 Å². The van der Waals surface area contributed by atoms with E-state index in [0.29, 0.717) is 30.3 Å². The molecular weight excluding hydrogens is 352 g/mol. The van der Waals surface area contributed by atoms with Gasteiger partial charge in [0, 0.05) is 6.07 Å². The molecule has 0 aliphatic rings. The summed E-state index contributed by atoms with van der Waals surface area (Å²) < 4.78 is 10.4. The maximum absolute atomic E-state index is 11.9. The summed E-state index contributed by atoms with van der Waals surface area (Å²) in [5.74, 6) is 1.18. The second kappa shape index (κ2) is 7.01. The van der Waals surface area contributed by atoms with Crippen molar-refractivity contribution in [3.63, 3.8) is 0 Å². The molecule has 1 aromatic rings. The number of benzene rings is 1. The Hall–Kier alpha value is -0.550. The molecule has 1 rings (SSSR count). The molecule has 1 aromatic carbocycles. The van der Waals surface area contributed by atoms with Gasteiger partial charge in [0.15, 0.2) is 5.78 Å². The van der Waals surface area contributed by atoms with Gasteiger partial charge in [-0.3, -0.25) is 4.79 Å². The van der Waals surface area contributed by atoms with Crippen LogP contribution in [-0.4, -0.2) is 22.7 Å². The average molecular weight is 366 g/mol. The molecule has 0 fully saturated rings. The number of ketones is 1. The van der Waals surface area contributed by atoms with Crippen LogP contribution in [0.25, 0.3) is 0 Å². The highest BCUT2D eigenvalue weighted by molar-refractivity contribution is 9.25. The number of Topliss-reactive ketones (excluding diaryl/α,β-unsaturated/α-hetero) is 1. The van der Waals surface area contributed by atoms with Crippen LogP contribution in [0.2, 0.25) is 0 Å². The Morgan fingerprint density at radius 1 is 1.24 bits per heavy atom. The van der Waals surface area contributed by atoms with Crippen molar-refractivity contribution < 1.29 is 14.3 Å². The van der Waals surface area contributed by atoms with E-state index in [1.165, 1.54) is 0 Å². The van der Waals surface area contributed by atoms with Crippen molar-refractivity contribution in [2.24, 2.45) is 0 Å². The summed E-state index contributed by atoms with van der Waals surface area (Å²) in [6.07, 6.45) is 0. The predicted octanol–water partition coefficient (Wildman–Crippen LogP) is 3.78. The minimum atomic E-state index is -0.410. The Balaban J connectivity index is 3.07. The average Bonchev–Trinajstić information content (AvgIpc) is 2.29. The van der Waals surface area contributed by atoms with Crippen LogP contribution in [0.1, 0.15) is 24.2 Å². The second-order valence-corrected chi connectivity index (χ2v) is 6.25. The standard InChI is InChI=1S/C12H14Br2O3/c1-3-16-8-5-6-9(11(15)12(13)14)10(7-8)17-4-2/h5-7,12H,3-4H2,1-2H3. The van der Waals surface area contributed by atoms with Crippen LogP contribution in [0.4, 0.5) is 0 Å². The zero-order valence-electron chi connectivity index (χ0n) is 9.70. The summed E-state index contributed by atoms with van der Waals surface area (Å²) in [6.45, 7) is 4.87. The van der Waals surface area contributed by atoms with Crippen molar-refractivity contribution in [2.45, 2.75) is 17.6 Å². The van der Waals surface area contributed by atoms with Gasteiger partial charge in [0.25, 0.3) is 0 Å². The largest absolute Gasteiger partial charge is 0.494 e. The maximum atomic E-state index is 11.9. The maximum Gasteiger partial charge on any atom is 0.190 e. The first-order chi connectivity index (χ1) is 8.10. The Morgan fingerprint density at radius 3 is 2.41 bits per heavy atom. The molecule has 17 heavy (non-hydrogen) atoms. The van der Waals surface area contributed by atoms with Crippen molar-refractivity contribution in [1.82, 2.24) is 0 Å². The Labute approximate surface area is 118 Å². The zero-order valence-corrected chi connectivity index (χ0v) is 12.9. The van der Waals surface area contributed by atoms with Gasteiger partial charge < -0.3 is 9.47 Å². The van der Waals surface area contributed by atoms with Gasteiger partial charge in [-0.2, -0.15) is 0 Å². The van der Waals surface area contributed by atoms with Gasteiger partial charge >= 0.3 is 0 Å². The fourth-order valence-electron chi connectivity index (χ4n) is 1.36. The minimum Gasteiger partial charge on any atom is -0.494 e. The lowest BCUT2D eigenvalue weighted by molar-refractivity contribution is 0.101. The fourth-order valence-corrected chi connectivity index (χ4v) is 1.85. The molecule has 0 aliphatic carbocycles. The number of hydrogen-bond donors (Lipinski definition) is 0. The molecule has 5 heteroatoms. The third-order valence-electron chi connectivity index (χ3n) is 2.03. The Morgan fingerprint density at radius 2 is 1.88 bits per heavy atom. The summed E-state index contributed by atoms with van der Waals surface area (Å²) in [7, 11) is 0. The lowest BCUT2D eigenvalue weighted by Gasteiger charge is -2.12. The number of carbonyl (C=O) groups excluding carboxylic acids is 1. The van der Waals surface area contributed by atoms with Crippen LogP contribution in [0.15, 0.2) is 18.2 Å². The van der Waals surface area contributed by atoms with E-state index in [9.17, 15) is 4.79 Å². The van der Waals surface area contributed by atoms with Gasteiger partial charge in [0.2, 0.25) is 0 Å². The van der Waals surface area contributed by atoms with E-state index in [0.717, 1.165) is 0 Å². The third kappa shape index (κ3) is 4.00. The van der Waals surface area contributed by atoms with Crippen LogP contribution >= 0.6 is 31.9 Å². The third-order valence-corrected chi connectivity index (χ3v) is 2.86. The molecule has 0 N–H and O–H groups in total. The smallest absolute Gasteiger partial charge is 0.190 e. The first-order valence-corrected chi connectivity index (χ1v) is 7.15. The Kier molecular flexibility index (Phi) is 5.98. The molecule has 0 saturated heterocycles. The second-order valence-electron chi connectivity index (χ2n) is 3.19. The number of hydrogen-bond acceptors (Lipinski definition) is 3. The summed E-state index contributed by atoms with van der Waals surface area (Å²) in [4.78, 5) is 11.9. The van der Waals surface area contributed by atoms with E-state index < -0.39 is 3.74 Å². The highest BCUT2D eigenvalue weighted by atomic mass is 79.9. The lowest BCUT2D eigenvalue weighted by Crippen LogP contribution is -2.10. The van der Waals surface area contributed by atoms with E-state index >= 15 is 0 Å². The molecular formula is C12H14Br2O3. The molecule has 94 valence electrons. The number of carbonyl (C=O) groups is 1. The first kappa shape index (κ1) is 14.5. The van der Waals surface area contributed by atoms with Gasteiger partial charge in [-0.05, 0) is 26.0 Å². The van der Waals surface area contributed by atoms with Crippen molar-refractivity contribution in [3.8, 4) is 11.5 Å². The predicted molar refractivity (Wildman–Crippen MR) is 74.8 cm³/mol. The topological polar surface area (TPSA) is 35.5 Å². The van der Waals surface area contributed by atoms with Crippen LogP contribution < -0.4 is 9.47 Å². The van der Waals surface area contributed by atoms with Crippen LogP contribution in [-0.2, 0) is 0 Å². The summed E-state index contributed by atoms with van der Waals surface area (Å²) in [5, 5.41) is 0. The summed E-state index contributed by atoms with van der Waals surface area (Å²) >= 11 is 6.38. The highest BCUT2D eigenvalue weighted by Gasteiger charge is 2.18. The van der Waals surface area contributed by atoms with Crippen molar-refractivity contribution >= 4 is 37.6 Å². The zero-order chi connectivity index (χ0) is 12.8. The van der Waals surface area contributed by atoms with Gasteiger partial charge in [0.1, 0.15) is 15.2 Å². The van der Waals surface area contributed by atoms with E-state index in [4.69, 9.17) is 9.47 Å². The Bertz CT molecular complexity index is 391. The van der Waals surface area contributed by atoms with E-state index in [2.05, 4.69) is 31.9 Å². The molecule has 0 saturated carbocycles. The number of halogens is 2. The molecule has 0 aliphatic heterocycles. The van der Waals surface area contributed by atoms with Crippen molar-refractivity contribution in [1.29, 1.82) is 0 Å². The van der Waals surface area contributed by atoms with Gasteiger partial charge in [-0.15, -0.1) is 0 Å². The molecule has 0 atom stereocenters. The molecule has 0 heterocycles. The molecule has 0 spiro atoms. The highest BCUT2D eigenvalue weighted by Crippen LogP contribution is 2.28. The first-order valence-electron chi connectivity index (χ1n) is 5.32. The quantitative estimate of drug-likeness (QED) is 0.568. The van der Waals surface area contributed by atoms with Crippen LogP contribution in [0.5, 0.6) is 11.5 Å². The monoisotopic (exact) mass is 364 g/mol. The molecule has 0 radical (unpaired) electrons. The summed E-state index contributed by atoms with van der Waals surface area (Å²) in [5.41, 5.74) is 0.536. The molecule has 0 bridgehead atoms. The number of ether oxygens (including phenoxy) is 2. The summed E-state index contributed by atoms with van der Waals surface area (Å²) in [6, 6.07) is 5.22.